The number of piperazine rings is 1. The van der Waals surface area contributed by atoms with Gasteiger partial charge in [0, 0.05) is 67.8 Å². The molecule has 5 aromatic rings. The lowest BCUT2D eigenvalue weighted by atomic mass is 10.0. The molecule has 3 aromatic heterocycles. The third-order valence-corrected chi connectivity index (χ3v) is 12.4. The van der Waals surface area contributed by atoms with E-state index in [0.717, 1.165) is 57.8 Å². The number of carbonyl (C=O) groups is 7. The van der Waals surface area contributed by atoms with E-state index in [1.807, 2.05) is 29.6 Å². The normalized spacial score (nSPS) is 17.1. The van der Waals surface area contributed by atoms with Gasteiger partial charge in [-0.3, -0.25) is 48.3 Å². The van der Waals surface area contributed by atoms with Crippen LogP contribution in [-0.4, -0.2) is 120 Å². The van der Waals surface area contributed by atoms with E-state index in [-0.39, 0.29) is 34.7 Å². The Kier molecular flexibility index (Phi) is 11.7. The first kappa shape index (κ1) is 44.1. The van der Waals surface area contributed by atoms with Gasteiger partial charge in [0.25, 0.3) is 29.9 Å². The van der Waals surface area contributed by atoms with Crippen LogP contribution >= 0.6 is 11.3 Å². The molecular weight excluding hydrogens is 900 g/mol. The average molecular weight is 934 g/mol. The molecule has 24 heteroatoms. The fourth-order valence-corrected chi connectivity index (χ4v) is 8.67. The zero-order valence-electron chi connectivity index (χ0n) is 33.7. The van der Waals surface area contributed by atoms with Gasteiger partial charge < -0.3 is 19.9 Å². The molecule has 0 aliphatic carbocycles. The lowest BCUT2D eigenvalue weighted by Gasteiger charge is -2.37. The van der Waals surface area contributed by atoms with Gasteiger partial charge in [0.2, 0.25) is 21.8 Å². The molecule has 0 saturated carbocycles. The molecule has 2 aromatic carbocycles. The number of alkyl halides is 3. The highest BCUT2D eigenvalue weighted by Gasteiger charge is 2.46. The highest BCUT2D eigenvalue weighted by molar-refractivity contribution is 7.89. The number of fused-ring (bicyclic) bond motifs is 1. The molecule has 6 amide bonds. The van der Waals surface area contributed by atoms with Crippen LogP contribution in [0.15, 0.2) is 84.6 Å². The van der Waals surface area contributed by atoms with Gasteiger partial charge in [0.1, 0.15) is 11.9 Å². The second-order valence-electron chi connectivity index (χ2n) is 14.9. The number of aromatic nitrogens is 3. The fraction of sp³-hybridized carbons (Fsp3) is 0.244. The number of benzene rings is 2. The monoisotopic (exact) mass is 933 g/mol. The summed E-state index contributed by atoms with van der Waals surface area (Å²) in [6, 6.07) is 15.9. The molecule has 0 spiro atoms. The van der Waals surface area contributed by atoms with E-state index < -0.39 is 69.9 Å². The van der Waals surface area contributed by atoms with Crippen molar-refractivity contribution in [1.29, 1.82) is 0 Å². The number of nitrogens with zero attached hydrogens (tertiary/aromatic N) is 6. The van der Waals surface area contributed by atoms with Crippen molar-refractivity contribution in [2.24, 2.45) is 0 Å². The van der Waals surface area contributed by atoms with Gasteiger partial charge in [0.15, 0.2) is 5.13 Å². The summed E-state index contributed by atoms with van der Waals surface area (Å²) in [5.74, 6) is -6.95. The Labute approximate surface area is 370 Å². The van der Waals surface area contributed by atoms with Crippen molar-refractivity contribution in [2.75, 3.05) is 47.6 Å². The molecule has 3 aliphatic heterocycles. The number of hydrogen-bond donors (Lipinski definition) is 3. The van der Waals surface area contributed by atoms with Crippen LogP contribution in [0.4, 0.5) is 29.8 Å². The molecular formula is C41H34F3N9O10S2. The van der Waals surface area contributed by atoms with Gasteiger partial charge >= 0.3 is 12.1 Å². The molecule has 336 valence electrons. The Balaban J connectivity index is 0.912. The molecule has 2 unspecified atom stereocenters. The van der Waals surface area contributed by atoms with Crippen LogP contribution in [0.3, 0.4) is 0 Å². The van der Waals surface area contributed by atoms with Gasteiger partial charge in [0.05, 0.1) is 28.6 Å². The van der Waals surface area contributed by atoms with Crippen LogP contribution in [0.1, 0.15) is 43.9 Å². The smallest absolute Gasteiger partial charge is 0.425 e. The Morgan fingerprint density at radius 1 is 0.908 bits per heavy atom. The molecule has 3 aliphatic rings. The summed E-state index contributed by atoms with van der Waals surface area (Å²) in [6.45, 7) is 2.23. The number of esters is 1. The number of thiazole rings is 1. The number of amides is 6. The summed E-state index contributed by atoms with van der Waals surface area (Å²) in [4.78, 5) is 102. The first-order valence-corrected chi connectivity index (χ1v) is 22.2. The second-order valence-corrected chi connectivity index (χ2v) is 17.7. The predicted octanol–water partition coefficient (Wildman–Crippen LogP) is 3.01. The van der Waals surface area contributed by atoms with Crippen molar-refractivity contribution in [3.8, 4) is 22.4 Å². The van der Waals surface area contributed by atoms with Crippen LogP contribution < -0.4 is 25.8 Å². The first-order valence-electron chi connectivity index (χ1n) is 19.5. The number of pyridine rings is 1. The van der Waals surface area contributed by atoms with Crippen molar-refractivity contribution >= 4 is 79.4 Å². The third-order valence-electron chi connectivity index (χ3n) is 10.6. The standard InChI is InChI=1S/C41H34F3N9O10S2/c1-65(61,62)52-12-10-25(20-52)33(55)48-36(63-39(60)41(42,43)44)35(57)49-40-46-29(21-64-40)24-4-2-3-22(17-24)23-9-11-45-31(18-23)51-15-13-50(14-16-51)26-5-6-27-28(19-26)38(59)53(37(27)58)30-7-8-32(54)47-34(30)56/h2-6,9-12,17-21,30,36H,7-8,13-16H2,1H3,(H,48,55)(H,46,49,57)(H,47,54,56). The number of hydrogen-bond acceptors (Lipinski definition) is 15. The third kappa shape index (κ3) is 9.29. The molecule has 65 heavy (non-hydrogen) atoms. The lowest BCUT2D eigenvalue weighted by Crippen LogP contribution is -2.54. The van der Waals surface area contributed by atoms with E-state index in [1.54, 1.807) is 41.9 Å². The minimum Gasteiger partial charge on any atom is -0.425 e. The molecule has 6 heterocycles. The van der Waals surface area contributed by atoms with Crippen LogP contribution in [0, 0.1) is 0 Å². The lowest BCUT2D eigenvalue weighted by molar-refractivity contribution is -0.205. The van der Waals surface area contributed by atoms with Gasteiger partial charge in [-0.2, -0.15) is 13.2 Å². The first-order chi connectivity index (χ1) is 30.8. The number of nitrogens with one attached hydrogen (secondary N) is 3. The molecule has 2 saturated heterocycles. The highest BCUT2D eigenvalue weighted by atomic mass is 32.2. The number of piperidine rings is 1. The van der Waals surface area contributed by atoms with Crippen molar-refractivity contribution in [3.05, 3.63) is 101 Å². The zero-order valence-corrected chi connectivity index (χ0v) is 35.3. The second kappa shape index (κ2) is 17.2. The van der Waals surface area contributed by atoms with Gasteiger partial charge in [-0.05, 0) is 60.0 Å². The van der Waals surface area contributed by atoms with Crippen LogP contribution in [0.25, 0.3) is 22.4 Å². The maximum absolute atomic E-state index is 13.4. The van der Waals surface area contributed by atoms with Crippen molar-refractivity contribution in [1.82, 2.24) is 29.5 Å². The summed E-state index contributed by atoms with van der Waals surface area (Å²) in [5.41, 5.74) is 3.32. The van der Waals surface area contributed by atoms with E-state index in [1.165, 1.54) is 0 Å². The largest absolute Gasteiger partial charge is 0.491 e. The summed E-state index contributed by atoms with van der Waals surface area (Å²) in [7, 11) is -3.82. The molecule has 0 radical (unpaired) electrons. The number of carbonyl (C=O) groups excluding carboxylic acids is 7. The maximum Gasteiger partial charge on any atom is 0.491 e. The SMILES string of the molecule is CS(=O)(=O)n1ccc(C(=O)NC(OC(=O)C(F)(F)F)C(=O)Nc2nc(-c3cccc(-c4ccnc(N5CCN(c6ccc7c(c6)C(=O)N(C6CCC(=O)NC6=O)C7=O)CC5)c4)c3)cs2)c1. The molecule has 8 rings (SSSR count). The minimum atomic E-state index is -5.52. The average Bonchev–Trinajstić information content (AvgIpc) is 4.03. The fourth-order valence-electron chi connectivity index (χ4n) is 7.36. The number of imide groups is 2. The summed E-state index contributed by atoms with van der Waals surface area (Å²) >= 11 is 0.902. The predicted molar refractivity (Wildman–Crippen MR) is 225 cm³/mol. The number of anilines is 3. The number of halogens is 3. The minimum absolute atomic E-state index is 0.0235. The van der Waals surface area contributed by atoms with Gasteiger partial charge in [-0.15, -0.1) is 11.3 Å². The van der Waals surface area contributed by atoms with E-state index in [9.17, 15) is 55.2 Å². The summed E-state index contributed by atoms with van der Waals surface area (Å²) in [5, 5.41) is 7.77. The molecule has 3 N–H and O–H groups in total. The summed E-state index contributed by atoms with van der Waals surface area (Å²) < 4.78 is 67.9. The summed E-state index contributed by atoms with van der Waals surface area (Å²) in [6.07, 6.45) is -3.55. The molecule has 2 fully saturated rings. The van der Waals surface area contributed by atoms with Gasteiger partial charge in [-0.25, -0.2) is 23.2 Å². The van der Waals surface area contributed by atoms with Crippen LogP contribution in [-0.2, 0) is 33.9 Å². The molecule has 0 bridgehead atoms. The molecule has 2 atom stereocenters. The van der Waals surface area contributed by atoms with Crippen molar-refractivity contribution in [2.45, 2.75) is 31.3 Å². The quantitative estimate of drug-likeness (QED) is 0.0981. The topological polar surface area (TPSA) is 239 Å². The Hall–Kier alpha value is -7.47. The number of rotatable bonds is 11. The zero-order chi connectivity index (χ0) is 46.4. The maximum atomic E-state index is 13.4. The number of ether oxygens (including phenoxy) is 1. The Bertz CT molecular complexity index is 2910. The highest BCUT2D eigenvalue weighted by Crippen LogP contribution is 2.33. The van der Waals surface area contributed by atoms with Crippen molar-refractivity contribution < 1.29 is 59.9 Å². The Morgan fingerprint density at radius 2 is 1.62 bits per heavy atom. The van der Waals surface area contributed by atoms with E-state index in [4.69, 9.17) is 0 Å². The van der Waals surface area contributed by atoms with E-state index in [2.05, 4.69) is 35.1 Å². The van der Waals surface area contributed by atoms with Crippen LogP contribution in [0.5, 0.6) is 0 Å². The molecule has 19 nitrogen and oxygen atoms in total. The van der Waals surface area contributed by atoms with Gasteiger partial charge in [-0.1, -0.05) is 18.2 Å². The van der Waals surface area contributed by atoms with E-state index >= 15 is 0 Å². The van der Waals surface area contributed by atoms with E-state index in [0.29, 0.717) is 47.2 Å². The van der Waals surface area contributed by atoms with Crippen LogP contribution in [0.2, 0.25) is 0 Å². The Morgan fingerprint density at radius 3 is 2.32 bits per heavy atom. The van der Waals surface area contributed by atoms with Crippen molar-refractivity contribution in [3.63, 3.8) is 0 Å².